The summed E-state index contributed by atoms with van der Waals surface area (Å²) < 4.78 is 5.93. The molecule has 1 aliphatic rings. The molecule has 1 fully saturated rings. The molecule has 1 aromatic rings. The molecule has 0 aromatic carbocycles. The van der Waals surface area contributed by atoms with Crippen LogP contribution in [0.5, 0.6) is 0 Å². The highest BCUT2D eigenvalue weighted by Crippen LogP contribution is 2.20. The summed E-state index contributed by atoms with van der Waals surface area (Å²) in [6.45, 7) is 4.26. The molecule has 1 N–H and O–H groups in total. The fourth-order valence-electron chi connectivity index (χ4n) is 2.39. The fraction of sp³-hybridized carbons (Fsp3) is 0.714. The number of ether oxygens (including phenoxy) is 1. The highest BCUT2D eigenvalue weighted by atomic mass is 32.1. The summed E-state index contributed by atoms with van der Waals surface area (Å²) in [5, 5.41) is 5.82. The molecule has 2 rings (SSSR count). The van der Waals surface area contributed by atoms with Crippen LogP contribution >= 0.6 is 11.3 Å². The van der Waals surface area contributed by atoms with Crippen molar-refractivity contribution >= 4 is 11.3 Å². The summed E-state index contributed by atoms with van der Waals surface area (Å²) in [4.78, 5) is 1.47. The van der Waals surface area contributed by atoms with Gasteiger partial charge in [-0.1, -0.05) is 13.0 Å². The van der Waals surface area contributed by atoms with E-state index in [9.17, 15) is 0 Å². The van der Waals surface area contributed by atoms with Crippen LogP contribution in [0.2, 0.25) is 0 Å². The zero-order chi connectivity index (χ0) is 11.9. The number of hydrogen-bond acceptors (Lipinski definition) is 3. The van der Waals surface area contributed by atoms with Crippen molar-refractivity contribution in [3.63, 3.8) is 0 Å². The van der Waals surface area contributed by atoms with E-state index in [2.05, 4.69) is 29.8 Å². The van der Waals surface area contributed by atoms with Crippen molar-refractivity contribution in [2.75, 3.05) is 13.2 Å². The third-order valence-corrected chi connectivity index (χ3v) is 4.22. The maximum Gasteiger partial charge on any atom is 0.0731 e. The Labute approximate surface area is 108 Å². The molecular weight excluding hydrogens is 230 g/mol. The Kier molecular flexibility index (Phi) is 5.49. The van der Waals surface area contributed by atoms with E-state index in [4.69, 9.17) is 4.74 Å². The predicted molar refractivity (Wildman–Crippen MR) is 73.7 cm³/mol. The van der Waals surface area contributed by atoms with Crippen LogP contribution in [0.4, 0.5) is 0 Å². The van der Waals surface area contributed by atoms with E-state index in [1.165, 1.54) is 30.6 Å². The molecule has 2 atom stereocenters. The first kappa shape index (κ1) is 13.1. The first-order chi connectivity index (χ1) is 8.40. The van der Waals surface area contributed by atoms with Crippen molar-refractivity contribution in [2.45, 2.75) is 51.2 Å². The second-order valence-corrected chi connectivity index (χ2v) is 5.78. The van der Waals surface area contributed by atoms with Crippen LogP contribution in [0.15, 0.2) is 17.5 Å². The average Bonchev–Trinajstić information content (AvgIpc) is 2.88. The van der Waals surface area contributed by atoms with Crippen LogP contribution < -0.4 is 5.32 Å². The minimum atomic E-state index is 0.414. The minimum absolute atomic E-state index is 0.414. The van der Waals surface area contributed by atoms with Crippen molar-refractivity contribution in [1.29, 1.82) is 0 Å². The first-order valence-electron chi connectivity index (χ1n) is 6.77. The third kappa shape index (κ3) is 4.09. The van der Waals surface area contributed by atoms with Gasteiger partial charge in [-0.05, 0) is 50.1 Å². The van der Waals surface area contributed by atoms with Gasteiger partial charge in [0.2, 0.25) is 0 Å². The lowest BCUT2D eigenvalue weighted by molar-refractivity contribution is -0.00722. The lowest BCUT2D eigenvalue weighted by atomic mass is 9.99. The molecule has 2 heterocycles. The Morgan fingerprint density at radius 1 is 1.53 bits per heavy atom. The van der Waals surface area contributed by atoms with E-state index in [-0.39, 0.29) is 0 Å². The van der Waals surface area contributed by atoms with Crippen LogP contribution in [0.25, 0.3) is 0 Å². The van der Waals surface area contributed by atoms with Crippen molar-refractivity contribution in [3.8, 4) is 0 Å². The lowest BCUT2D eigenvalue weighted by Crippen LogP contribution is -2.44. The summed E-state index contributed by atoms with van der Waals surface area (Å²) in [6.07, 6.45) is 6.48. The lowest BCUT2D eigenvalue weighted by Gasteiger charge is -2.31. The van der Waals surface area contributed by atoms with Gasteiger partial charge < -0.3 is 10.1 Å². The Balaban J connectivity index is 1.91. The summed E-state index contributed by atoms with van der Waals surface area (Å²) in [5.74, 6) is 0. The molecule has 0 saturated carbocycles. The standard InChI is InChI=1S/C14H23NOS/c1-2-8-15-13(11-12-6-5-10-17-12)14-7-3-4-9-16-14/h5-6,10,13-15H,2-4,7-9,11H2,1H3. The van der Waals surface area contributed by atoms with Crippen LogP contribution in [-0.4, -0.2) is 25.3 Å². The van der Waals surface area contributed by atoms with Gasteiger partial charge in [0.05, 0.1) is 6.10 Å². The fourth-order valence-corrected chi connectivity index (χ4v) is 3.16. The Bertz CT molecular complexity index is 293. The van der Waals surface area contributed by atoms with E-state index in [1.54, 1.807) is 0 Å². The average molecular weight is 253 g/mol. The van der Waals surface area contributed by atoms with Crippen molar-refractivity contribution in [2.24, 2.45) is 0 Å². The summed E-state index contributed by atoms with van der Waals surface area (Å²) in [5.41, 5.74) is 0. The third-order valence-electron chi connectivity index (χ3n) is 3.32. The molecule has 96 valence electrons. The van der Waals surface area contributed by atoms with E-state index in [1.807, 2.05) is 11.3 Å². The molecule has 1 aromatic heterocycles. The molecule has 1 aliphatic heterocycles. The Hall–Kier alpha value is -0.380. The number of hydrogen-bond donors (Lipinski definition) is 1. The summed E-state index contributed by atoms with van der Waals surface area (Å²) in [7, 11) is 0. The van der Waals surface area contributed by atoms with Gasteiger partial charge in [0.1, 0.15) is 0 Å². The van der Waals surface area contributed by atoms with Gasteiger partial charge in [-0.15, -0.1) is 11.3 Å². The molecular formula is C14H23NOS. The van der Waals surface area contributed by atoms with Crippen LogP contribution in [0, 0.1) is 0 Å². The number of nitrogens with one attached hydrogen (secondary N) is 1. The van der Waals surface area contributed by atoms with Gasteiger partial charge in [0, 0.05) is 17.5 Å². The van der Waals surface area contributed by atoms with Crippen LogP contribution in [0.3, 0.4) is 0 Å². The zero-order valence-corrected chi connectivity index (χ0v) is 11.5. The smallest absolute Gasteiger partial charge is 0.0731 e. The predicted octanol–water partition coefficient (Wildman–Crippen LogP) is 3.23. The van der Waals surface area contributed by atoms with Gasteiger partial charge in [0.15, 0.2) is 0 Å². The van der Waals surface area contributed by atoms with Gasteiger partial charge in [-0.25, -0.2) is 0 Å². The second-order valence-electron chi connectivity index (χ2n) is 4.75. The van der Waals surface area contributed by atoms with Gasteiger partial charge in [-0.2, -0.15) is 0 Å². The highest BCUT2D eigenvalue weighted by Gasteiger charge is 2.24. The van der Waals surface area contributed by atoms with Crippen molar-refractivity contribution in [3.05, 3.63) is 22.4 Å². The maximum atomic E-state index is 5.93. The summed E-state index contributed by atoms with van der Waals surface area (Å²) in [6, 6.07) is 4.86. The summed E-state index contributed by atoms with van der Waals surface area (Å²) >= 11 is 1.85. The van der Waals surface area contributed by atoms with E-state index in [0.717, 1.165) is 19.6 Å². The first-order valence-corrected chi connectivity index (χ1v) is 7.65. The monoisotopic (exact) mass is 253 g/mol. The molecule has 17 heavy (non-hydrogen) atoms. The van der Waals surface area contributed by atoms with Gasteiger partial charge >= 0.3 is 0 Å². The van der Waals surface area contributed by atoms with Crippen molar-refractivity contribution < 1.29 is 4.74 Å². The van der Waals surface area contributed by atoms with E-state index >= 15 is 0 Å². The normalized spacial score (nSPS) is 22.5. The number of rotatable bonds is 6. The molecule has 2 unspecified atom stereocenters. The minimum Gasteiger partial charge on any atom is -0.377 e. The maximum absolute atomic E-state index is 5.93. The van der Waals surface area contributed by atoms with Gasteiger partial charge in [-0.3, -0.25) is 0 Å². The quantitative estimate of drug-likeness (QED) is 0.840. The van der Waals surface area contributed by atoms with Crippen LogP contribution in [-0.2, 0) is 11.2 Å². The molecule has 0 radical (unpaired) electrons. The molecule has 0 bridgehead atoms. The molecule has 3 heteroatoms. The largest absolute Gasteiger partial charge is 0.377 e. The van der Waals surface area contributed by atoms with Crippen molar-refractivity contribution in [1.82, 2.24) is 5.32 Å². The second kappa shape index (κ2) is 7.14. The zero-order valence-electron chi connectivity index (χ0n) is 10.7. The molecule has 0 spiro atoms. The van der Waals surface area contributed by atoms with Gasteiger partial charge in [0.25, 0.3) is 0 Å². The molecule has 1 saturated heterocycles. The van der Waals surface area contributed by atoms with E-state index in [0.29, 0.717) is 12.1 Å². The number of thiophene rings is 1. The van der Waals surface area contributed by atoms with Crippen LogP contribution in [0.1, 0.15) is 37.5 Å². The molecule has 0 amide bonds. The highest BCUT2D eigenvalue weighted by molar-refractivity contribution is 7.09. The molecule has 2 nitrogen and oxygen atoms in total. The Morgan fingerprint density at radius 3 is 3.12 bits per heavy atom. The van der Waals surface area contributed by atoms with E-state index < -0.39 is 0 Å². The topological polar surface area (TPSA) is 21.3 Å². The molecule has 0 aliphatic carbocycles. The Morgan fingerprint density at radius 2 is 2.47 bits per heavy atom. The SMILES string of the molecule is CCCNC(Cc1cccs1)C1CCCCO1.